The lowest BCUT2D eigenvalue weighted by Gasteiger charge is -2.10. The maximum atomic E-state index is 12.2. The standard InChI is InChI=1S/C20H29N5O2S2.HI/c1-4-21-20(23-12-19-24-18(13-28-19)14(2)3)22-11-15-5-9-17(10-6-15)29(26,27)25-16-7-8-16;/h5-6,9-10,13-14,16,25H,4,7-8,11-12H2,1-3H3,(H2,21,22,23);1H. The Balaban J connectivity index is 0.00000320. The molecule has 1 aromatic carbocycles. The van der Waals surface area contributed by atoms with Gasteiger partial charge in [0.1, 0.15) is 5.01 Å². The summed E-state index contributed by atoms with van der Waals surface area (Å²) < 4.78 is 27.2. The highest BCUT2D eigenvalue weighted by molar-refractivity contribution is 14.0. The summed E-state index contributed by atoms with van der Waals surface area (Å²) in [6, 6.07) is 7.00. The van der Waals surface area contributed by atoms with E-state index < -0.39 is 10.0 Å². The molecule has 1 aliphatic carbocycles. The Hall–Kier alpha value is -1.24. The first-order valence-electron chi connectivity index (χ1n) is 9.95. The molecule has 1 fully saturated rings. The lowest BCUT2D eigenvalue weighted by Crippen LogP contribution is -2.36. The summed E-state index contributed by atoms with van der Waals surface area (Å²) in [5.41, 5.74) is 2.06. The van der Waals surface area contributed by atoms with Crippen LogP contribution in [-0.4, -0.2) is 31.9 Å². The summed E-state index contributed by atoms with van der Waals surface area (Å²) in [4.78, 5) is 9.52. The summed E-state index contributed by atoms with van der Waals surface area (Å²) in [5.74, 6) is 1.13. The number of aromatic nitrogens is 1. The van der Waals surface area contributed by atoms with Crippen molar-refractivity contribution in [3.8, 4) is 0 Å². The van der Waals surface area contributed by atoms with Gasteiger partial charge in [0.05, 0.1) is 23.7 Å². The molecule has 0 unspecified atom stereocenters. The van der Waals surface area contributed by atoms with Crippen LogP contribution in [0.15, 0.2) is 39.5 Å². The first-order valence-corrected chi connectivity index (χ1v) is 12.3. The number of nitrogens with one attached hydrogen (secondary N) is 3. The molecule has 7 nitrogen and oxygen atoms in total. The van der Waals surface area contributed by atoms with Crippen LogP contribution in [-0.2, 0) is 23.1 Å². The number of nitrogens with zero attached hydrogens (tertiary/aromatic N) is 2. The molecule has 1 aromatic heterocycles. The van der Waals surface area contributed by atoms with Crippen molar-refractivity contribution in [2.75, 3.05) is 6.54 Å². The predicted molar refractivity (Wildman–Crippen MR) is 133 cm³/mol. The lowest BCUT2D eigenvalue weighted by atomic mass is 10.2. The van der Waals surface area contributed by atoms with Crippen LogP contribution < -0.4 is 15.4 Å². The minimum Gasteiger partial charge on any atom is -0.357 e. The number of thiazole rings is 1. The molecule has 3 rings (SSSR count). The lowest BCUT2D eigenvalue weighted by molar-refractivity contribution is 0.581. The second-order valence-electron chi connectivity index (χ2n) is 7.41. The van der Waals surface area contributed by atoms with Gasteiger partial charge in [-0.3, -0.25) is 0 Å². The molecule has 30 heavy (non-hydrogen) atoms. The Kier molecular flexibility index (Phi) is 9.51. The number of aliphatic imine (C=N–C) groups is 1. The van der Waals surface area contributed by atoms with Gasteiger partial charge in [-0.2, -0.15) is 0 Å². The van der Waals surface area contributed by atoms with E-state index in [1.54, 1.807) is 23.5 Å². The van der Waals surface area contributed by atoms with Crippen LogP contribution in [0.25, 0.3) is 0 Å². The third-order valence-electron chi connectivity index (χ3n) is 4.46. The zero-order valence-corrected chi connectivity index (χ0v) is 21.5. The zero-order chi connectivity index (χ0) is 20.9. The highest BCUT2D eigenvalue weighted by Gasteiger charge is 2.27. The summed E-state index contributed by atoms with van der Waals surface area (Å²) >= 11 is 1.65. The maximum absolute atomic E-state index is 12.2. The zero-order valence-electron chi connectivity index (χ0n) is 17.5. The largest absolute Gasteiger partial charge is 0.357 e. The van der Waals surface area contributed by atoms with Crippen molar-refractivity contribution in [3.05, 3.63) is 45.9 Å². The van der Waals surface area contributed by atoms with Gasteiger partial charge in [-0.05, 0) is 43.4 Å². The van der Waals surface area contributed by atoms with Gasteiger partial charge in [-0.1, -0.05) is 26.0 Å². The van der Waals surface area contributed by atoms with E-state index in [2.05, 4.69) is 44.6 Å². The van der Waals surface area contributed by atoms with Crippen LogP contribution in [0.3, 0.4) is 0 Å². The van der Waals surface area contributed by atoms with Crippen molar-refractivity contribution in [2.24, 2.45) is 4.99 Å². The normalized spacial score (nSPS) is 14.5. The van der Waals surface area contributed by atoms with Gasteiger partial charge >= 0.3 is 0 Å². The maximum Gasteiger partial charge on any atom is 0.240 e. The van der Waals surface area contributed by atoms with Crippen molar-refractivity contribution in [2.45, 2.75) is 63.6 Å². The Morgan fingerprint density at radius 1 is 1.23 bits per heavy atom. The number of hydrogen-bond donors (Lipinski definition) is 3. The first-order chi connectivity index (χ1) is 13.9. The highest BCUT2D eigenvalue weighted by atomic mass is 127. The van der Waals surface area contributed by atoms with Gasteiger partial charge in [0.15, 0.2) is 5.96 Å². The van der Waals surface area contributed by atoms with E-state index in [0.717, 1.165) is 35.7 Å². The Labute approximate surface area is 200 Å². The second-order valence-corrected chi connectivity index (χ2v) is 10.1. The van der Waals surface area contributed by atoms with Crippen LogP contribution in [0.2, 0.25) is 0 Å². The van der Waals surface area contributed by atoms with Crippen LogP contribution in [0.1, 0.15) is 55.8 Å². The van der Waals surface area contributed by atoms with E-state index in [1.807, 2.05) is 19.1 Å². The Morgan fingerprint density at radius 3 is 2.50 bits per heavy atom. The smallest absolute Gasteiger partial charge is 0.240 e. The van der Waals surface area contributed by atoms with Crippen molar-refractivity contribution < 1.29 is 8.42 Å². The molecule has 0 aliphatic heterocycles. The van der Waals surface area contributed by atoms with Gasteiger partial charge in [-0.25, -0.2) is 23.1 Å². The third-order valence-corrected chi connectivity index (χ3v) is 6.87. The molecule has 0 amide bonds. The topological polar surface area (TPSA) is 95.5 Å². The van der Waals surface area contributed by atoms with Crippen molar-refractivity contribution in [3.63, 3.8) is 0 Å². The van der Waals surface area contributed by atoms with Crippen LogP contribution in [0.5, 0.6) is 0 Å². The van der Waals surface area contributed by atoms with Gasteiger partial charge in [-0.15, -0.1) is 35.3 Å². The number of hydrogen-bond acceptors (Lipinski definition) is 5. The first kappa shape index (κ1) is 25.0. The molecule has 1 heterocycles. The van der Waals surface area contributed by atoms with E-state index in [0.29, 0.717) is 29.9 Å². The monoisotopic (exact) mass is 563 g/mol. The minimum absolute atomic E-state index is 0. The minimum atomic E-state index is -3.41. The molecule has 3 N–H and O–H groups in total. The van der Waals surface area contributed by atoms with E-state index in [4.69, 9.17) is 0 Å². The molecule has 0 spiro atoms. The second kappa shape index (κ2) is 11.4. The Bertz CT molecular complexity index is 938. The SMILES string of the molecule is CCNC(=NCc1ccc(S(=O)(=O)NC2CC2)cc1)NCc1nc(C(C)C)cs1.I. The van der Waals surface area contributed by atoms with Crippen LogP contribution in [0, 0.1) is 0 Å². The van der Waals surface area contributed by atoms with E-state index >= 15 is 0 Å². The third kappa shape index (κ3) is 7.47. The summed E-state index contributed by atoms with van der Waals surface area (Å²) in [5, 5.41) is 9.65. The highest BCUT2D eigenvalue weighted by Crippen LogP contribution is 2.22. The fourth-order valence-corrected chi connectivity index (χ4v) is 4.81. The van der Waals surface area contributed by atoms with Gasteiger partial charge in [0.25, 0.3) is 0 Å². The Morgan fingerprint density at radius 2 is 1.93 bits per heavy atom. The molecule has 166 valence electrons. The molecule has 2 aromatic rings. The van der Waals surface area contributed by atoms with E-state index in [1.165, 1.54) is 0 Å². The number of guanidine groups is 1. The van der Waals surface area contributed by atoms with Crippen molar-refractivity contribution >= 4 is 51.3 Å². The molecular formula is C20H30IN5O2S2. The number of halogens is 1. The van der Waals surface area contributed by atoms with Crippen LogP contribution in [0.4, 0.5) is 0 Å². The molecule has 0 atom stereocenters. The van der Waals surface area contributed by atoms with Crippen molar-refractivity contribution in [1.82, 2.24) is 20.3 Å². The molecule has 1 aliphatic rings. The summed E-state index contributed by atoms with van der Waals surface area (Å²) in [7, 11) is -3.41. The van der Waals surface area contributed by atoms with Gasteiger partial charge in [0, 0.05) is 18.0 Å². The molecule has 1 saturated carbocycles. The fraction of sp³-hybridized carbons (Fsp3) is 0.500. The average Bonchev–Trinajstić information content (AvgIpc) is 3.35. The molecule has 10 heteroatoms. The number of sulfonamides is 1. The van der Waals surface area contributed by atoms with E-state index in [-0.39, 0.29) is 30.0 Å². The number of rotatable bonds is 9. The van der Waals surface area contributed by atoms with E-state index in [9.17, 15) is 8.42 Å². The molecule has 0 bridgehead atoms. The van der Waals surface area contributed by atoms with Crippen LogP contribution >= 0.6 is 35.3 Å². The summed E-state index contributed by atoms with van der Waals surface area (Å²) in [6.07, 6.45) is 1.85. The summed E-state index contributed by atoms with van der Waals surface area (Å²) in [6.45, 7) is 8.12. The van der Waals surface area contributed by atoms with Gasteiger partial charge in [0.2, 0.25) is 10.0 Å². The molecule has 0 radical (unpaired) electrons. The van der Waals surface area contributed by atoms with Crippen molar-refractivity contribution in [1.29, 1.82) is 0 Å². The number of benzene rings is 1. The fourth-order valence-electron chi connectivity index (χ4n) is 2.61. The predicted octanol–water partition coefficient (Wildman–Crippen LogP) is 3.58. The van der Waals surface area contributed by atoms with Gasteiger partial charge < -0.3 is 10.6 Å². The quantitative estimate of drug-likeness (QED) is 0.246. The molecule has 0 saturated heterocycles. The molecular weight excluding hydrogens is 533 g/mol. The average molecular weight is 564 g/mol.